The molecule has 2 aromatic heterocycles. The molecule has 6 heteroatoms. The van der Waals surface area contributed by atoms with Crippen molar-refractivity contribution in [3.63, 3.8) is 0 Å². The molecule has 5 nitrogen and oxygen atoms in total. The summed E-state index contributed by atoms with van der Waals surface area (Å²) in [6, 6.07) is 4.01. The Kier molecular flexibility index (Phi) is 4.37. The molecule has 2 atom stereocenters. The van der Waals surface area contributed by atoms with Crippen LogP contribution in [0.3, 0.4) is 0 Å². The minimum atomic E-state index is 0.0809. The van der Waals surface area contributed by atoms with Crippen LogP contribution in [0, 0.1) is 0 Å². The maximum absolute atomic E-state index is 5.90. The van der Waals surface area contributed by atoms with Crippen LogP contribution >= 0.6 is 15.9 Å². The fourth-order valence-corrected chi connectivity index (χ4v) is 3.09. The first-order valence-electron chi connectivity index (χ1n) is 6.97. The zero-order valence-corrected chi connectivity index (χ0v) is 13.7. The van der Waals surface area contributed by atoms with Gasteiger partial charge in [-0.3, -0.25) is 9.97 Å². The zero-order valence-electron chi connectivity index (χ0n) is 12.1. The van der Waals surface area contributed by atoms with Crippen LogP contribution in [-0.2, 0) is 9.47 Å². The summed E-state index contributed by atoms with van der Waals surface area (Å²) in [6.45, 7) is 4.33. The van der Waals surface area contributed by atoms with E-state index in [-0.39, 0.29) is 12.2 Å². The van der Waals surface area contributed by atoms with Gasteiger partial charge < -0.3 is 14.4 Å². The Labute approximate surface area is 132 Å². The molecule has 2 aromatic rings. The van der Waals surface area contributed by atoms with Crippen molar-refractivity contribution >= 4 is 32.7 Å². The molecule has 0 radical (unpaired) electrons. The molecule has 2 unspecified atom stereocenters. The smallest absolute Gasteiger partial charge is 0.112 e. The quantitative estimate of drug-likeness (QED) is 0.850. The van der Waals surface area contributed by atoms with Crippen LogP contribution in [0.15, 0.2) is 29.0 Å². The molecule has 0 N–H and O–H groups in total. The normalized spacial score (nSPS) is 22.7. The van der Waals surface area contributed by atoms with Gasteiger partial charge in [-0.05, 0) is 35.0 Å². The number of aromatic nitrogens is 2. The van der Waals surface area contributed by atoms with Crippen LogP contribution in [0.5, 0.6) is 0 Å². The highest BCUT2D eigenvalue weighted by atomic mass is 79.9. The number of nitrogens with zero attached hydrogens (tertiary/aromatic N) is 3. The van der Waals surface area contributed by atoms with E-state index in [4.69, 9.17) is 9.47 Å². The zero-order chi connectivity index (χ0) is 14.8. The van der Waals surface area contributed by atoms with Crippen molar-refractivity contribution in [3.8, 4) is 0 Å². The van der Waals surface area contributed by atoms with Gasteiger partial charge in [0.05, 0.1) is 30.0 Å². The highest BCUT2D eigenvalue weighted by Gasteiger charge is 2.26. The van der Waals surface area contributed by atoms with Crippen molar-refractivity contribution in [3.05, 3.63) is 29.0 Å². The minimum Gasteiger partial charge on any atom is -0.382 e. The lowest BCUT2D eigenvalue weighted by atomic mass is 10.2. The maximum Gasteiger partial charge on any atom is 0.112 e. The van der Waals surface area contributed by atoms with Crippen molar-refractivity contribution in [2.24, 2.45) is 0 Å². The summed E-state index contributed by atoms with van der Waals surface area (Å²) >= 11 is 3.44. The van der Waals surface area contributed by atoms with Gasteiger partial charge in [-0.25, -0.2) is 0 Å². The molecule has 0 bridgehead atoms. The summed E-state index contributed by atoms with van der Waals surface area (Å²) < 4.78 is 12.1. The van der Waals surface area contributed by atoms with E-state index in [1.165, 1.54) is 0 Å². The minimum absolute atomic E-state index is 0.0809. The first kappa shape index (κ1) is 14.7. The molecule has 112 valence electrons. The topological polar surface area (TPSA) is 47.5 Å². The molecule has 3 rings (SSSR count). The summed E-state index contributed by atoms with van der Waals surface area (Å²) in [4.78, 5) is 11.2. The van der Waals surface area contributed by atoms with Gasteiger partial charge in [-0.1, -0.05) is 0 Å². The largest absolute Gasteiger partial charge is 0.382 e. The molecule has 1 aliphatic rings. The van der Waals surface area contributed by atoms with Crippen LogP contribution in [0.2, 0.25) is 0 Å². The molecular formula is C15H18BrN3O2. The fourth-order valence-electron chi connectivity index (χ4n) is 2.77. The Hall–Kier alpha value is -1.24. The van der Waals surface area contributed by atoms with Crippen molar-refractivity contribution in [1.29, 1.82) is 0 Å². The lowest BCUT2D eigenvalue weighted by Gasteiger charge is -2.38. The average molecular weight is 352 g/mol. The van der Waals surface area contributed by atoms with Gasteiger partial charge in [0.1, 0.15) is 5.52 Å². The number of ether oxygens (including phenoxy) is 2. The molecule has 0 spiro atoms. The lowest BCUT2D eigenvalue weighted by Crippen LogP contribution is -2.48. The number of hydrogen-bond donors (Lipinski definition) is 0. The van der Waals surface area contributed by atoms with Crippen LogP contribution in [0.4, 0.5) is 5.69 Å². The fraction of sp³-hybridized carbons (Fsp3) is 0.467. The van der Waals surface area contributed by atoms with Gasteiger partial charge in [0.2, 0.25) is 0 Å². The van der Waals surface area contributed by atoms with E-state index in [0.29, 0.717) is 6.61 Å². The monoisotopic (exact) mass is 351 g/mol. The van der Waals surface area contributed by atoms with Gasteiger partial charge in [0.25, 0.3) is 0 Å². The molecule has 0 aliphatic carbocycles. The second kappa shape index (κ2) is 6.25. The average Bonchev–Trinajstić information content (AvgIpc) is 2.46. The molecule has 0 saturated carbocycles. The third-order valence-corrected chi connectivity index (χ3v) is 3.98. The molecule has 0 amide bonds. The van der Waals surface area contributed by atoms with Gasteiger partial charge in [0, 0.05) is 37.1 Å². The Morgan fingerprint density at radius 3 is 3.10 bits per heavy atom. The lowest BCUT2D eigenvalue weighted by molar-refractivity contribution is -0.0510. The number of halogens is 1. The van der Waals surface area contributed by atoms with E-state index >= 15 is 0 Å². The molecule has 0 aromatic carbocycles. The summed E-state index contributed by atoms with van der Waals surface area (Å²) in [5, 5.41) is 0. The van der Waals surface area contributed by atoms with Crippen molar-refractivity contribution in [2.45, 2.75) is 19.1 Å². The van der Waals surface area contributed by atoms with Gasteiger partial charge in [0.15, 0.2) is 0 Å². The van der Waals surface area contributed by atoms with Crippen LogP contribution in [0.25, 0.3) is 11.0 Å². The number of morpholine rings is 1. The van der Waals surface area contributed by atoms with Crippen molar-refractivity contribution in [2.75, 3.05) is 31.7 Å². The molecule has 3 heterocycles. The number of rotatable bonds is 3. The number of methoxy groups -OCH3 is 1. The van der Waals surface area contributed by atoms with E-state index in [0.717, 1.165) is 34.3 Å². The third kappa shape index (κ3) is 3.17. The first-order valence-corrected chi connectivity index (χ1v) is 7.76. The second-order valence-corrected chi connectivity index (χ2v) is 6.20. The Bertz CT molecular complexity index is 637. The Balaban J connectivity index is 1.95. The molecule has 1 aliphatic heterocycles. The van der Waals surface area contributed by atoms with Crippen molar-refractivity contribution < 1.29 is 9.47 Å². The van der Waals surface area contributed by atoms with Gasteiger partial charge in [-0.2, -0.15) is 0 Å². The number of hydrogen-bond acceptors (Lipinski definition) is 5. The van der Waals surface area contributed by atoms with E-state index < -0.39 is 0 Å². The van der Waals surface area contributed by atoms with Gasteiger partial charge in [-0.15, -0.1) is 0 Å². The van der Waals surface area contributed by atoms with Crippen LogP contribution < -0.4 is 4.90 Å². The number of anilines is 1. The maximum atomic E-state index is 5.90. The highest BCUT2D eigenvalue weighted by Crippen LogP contribution is 2.27. The second-order valence-electron chi connectivity index (χ2n) is 5.28. The summed E-state index contributed by atoms with van der Waals surface area (Å²) in [5.74, 6) is 0. The highest BCUT2D eigenvalue weighted by molar-refractivity contribution is 9.10. The van der Waals surface area contributed by atoms with Crippen LogP contribution in [0.1, 0.15) is 6.92 Å². The summed E-state index contributed by atoms with van der Waals surface area (Å²) in [7, 11) is 1.70. The summed E-state index contributed by atoms with van der Waals surface area (Å²) in [5.41, 5.74) is 2.92. The molecular weight excluding hydrogens is 334 g/mol. The SMILES string of the molecule is COCC1CN(c2ccnc3cc(Br)cnc23)CC(C)O1. The number of fused-ring (bicyclic) bond motifs is 1. The molecule has 1 fully saturated rings. The van der Waals surface area contributed by atoms with Crippen molar-refractivity contribution in [1.82, 2.24) is 9.97 Å². The summed E-state index contributed by atoms with van der Waals surface area (Å²) in [6.07, 6.45) is 3.89. The van der Waals surface area contributed by atoms with Crippen LogP contribution in [-0.4, -0.2) is 49.0 Å². The third-order valence-electron chi connectivity index (χ3n) is 3.54. The Morgan fingerprint density at radius 1 is 1.43 bits per heavy atom. The predicted octanol–water partition coefficient (Wildman–Crippen LogP) is 2.63. The molecule has 1 saturated heterocycles. The van der Waals surface area contributed by atoms with E-state index in [9.17, 15) is 0 Å². The Morgan fingerprint density at radius 2 is 2.29 bits per heavy atom. The molecule has 21 heavy (non-hydrogen) atoms. The standard InChI is InChI=1S/C15H18BrN3O2/c1-10-7-19(8-12(21-10)9-20-2)14-3-4-17-13-5-11(16)6-18-15(13)14/h3-6,10,12H,7-9H2,1-2H3. The first-order chi connectivity index (χ1) is 10.2. The number of pyridine rings is 2. The van der Waals surface area contributed by atoms with E-state index in [1.807, 2.05) is 24.5 Å². The van der Waals surface area contributed by atoms with E-state index in [2.05, 4.69) is 37.7 Å². The predicted molar refractivity (Wildman–Crippen MR) is 85.7 cm³/mol. The van der Waals surface area contributed by atoms with Gasteiger partial charge >= 0.3 is 0 Å². The van der Waals surface area contributed by atoms with E-state index in [1.54, 1.807) is 7.11 Å².